The van der Waals surface area contributed by atoms with E-state index >= 15 is 0 Å². The Bertz CT molecular complexity index is 384. The first-order chi connectivity index (χ1) is 8.52. The number of amides is 1. The van der Waals surface area contributed by atoms with Crippen molar-refractivity contribution in [2.24, 2.45) is 0 Å². The molecule has 1 atom stereocenters. The first-order valence-electron chi connectivity index (χ1n) is 5.73. The number of carbonyl (C=O) groups excluding carboxylic acids is 1. The lowest BCUT2D eigenvalue weighted by atomic mass is 10.3. The quantitative estimate of drug-likeness (QED) is 0.842. The minimum Gasteiger partial charge on any atom is -0.396 e. The van der Waals surface area contributed by atoms with Crippen LogP contribution in [0, 0.1) is 0 Å². The highest BCUT2D eigenvalue weighted by atomic mass is 35.5. The average molecular weight is 308 g/mol. The summed E-state index contributed by atoms with van der Waals surface area (Å²) in [7, 11) is 1.80. The van der Waals surface area contributed by atoms with Crippen LogP contribution in [0.1, 0.15) is 18.2 Å². The van der Waals surface area contributed by atoms with Crippen molar-refractivity contribution in [1.82, 2.24) is 4.90 Å². The standard InChI is InChI=1S/C12H18ClNO2S2/c1-9(5-6-15)17-8-12(16)14(2)7-10-3-4-11(13)18-10/h3-4,9,15H,5-8H2,1-2H3. The molecule has 0 aliphatic heterocycles. The first-order valence-corrected chi connectivity index (χ1v) is 7.98. The van der Waals surface area contributed by atoms with Crippen molar-refractivity contribution >= 4 is 40.6 Å². The van der Waals surface area contributed by atoms with Crippen molar-refractivity contribution < 1.29 is 9.90 Å². The van der Waals surface area contributed by atoms with Crippen LogP contribution in [0.3, 0.4) is 0 Å². The molecule has 1 amide bonds. The van der Waals surface area contributed by atoms with E-state index in [1.165, 1.54) is 11.3 Å². The molecule has 0 fully saturated rings. The molecule has 0 aliphatic rings. The second-order valence-corrected chi connectivity index (χ2v) is 7.32. The molecular weight excluding hydrogens is 290 g/mol. The Morgan fingerprint density at radius 1 is 1.61 bits per heavy atom. The van der Waals surface area contributed by atoms with Crippen molar-refractivity contribution in [3.63, 3.8) is 0 Å². The van der Waals surface area contributed by atoms with E-state index in [-0.39, 0.29) is 12.5 Å². The first kappa shape index (κ1) is 15.8. The third kappa shape index (κ3) is 5.61. The lowest BCUT2D eigenvalue weighted by Crippen LogP contribution is -2.28. The number of carbonyl (C=O) groups is 1. The number of halogens is 1. The topological polar surface area (TPSA) is 40.5 Å². The molecule has 1 unspecified atom stereocenters. The average Bonchev–Trinajstić information content (AvgIpc) is 2.72. The van der Waals surface area contributed by atoms with Gasteiger partial charge in [0.05, 0.1) is 16.6 Å². The zero-order chi connectivity index (χ0) is 13.5. The summed E-state index contributed by atoms with van der Waals surface area (Å²) >= 11 is 8.93. The molecule has 3 nitrogen and oxygen atoms in total. The van der Waals surface area contributed by atoms with Crippen LogP contribution in [0.2, 0.25) is 4.34 Å². The van der Waals surface area contributed by atoms with E-state index in [2.05, 4.69) is 0 Å². The van der Waals surface area contributed by atoms with E-state index in [1.54, 1.807) is 23.7 Å². The highest BCUT2D eigenvalue weighted by Gasteiger charge is 2.12. The summed E-state index contributed by atoms with van der Waals surface area (Å²) < 4.78 is 0.747. The number of hydrogen-bond acceptors (Lipinski definition) is 4. The third-order valence-corrected chi connectivity index (χ3v) is 4.91. The van der Waals surface area contributed by atoms with Gasteiger partial charge < -0.3 is 10.0 Å². The molecule has 0 radical (unpaired) electrons. The maximum atomic E-state index is 11.9. The molecule has 1 aromatic heterocycles. The van der Waals surface area contributed by atoms with E-state index in [9.17, 15) is 4.79 Å². The van der Waals surface area contributed by atoms with Crippen LogP contribution in [0.5, 0.6) is 0 Å². The molecular formula is C12H18ClNO2S2. The lowest BCUT2D eigenvalue weighted by Gasteiger charge is -2.17. The molecule has 6 heteroatoms. The van der Waals surface area contributed by atoms with Crippen LogP contribution >= 0.6 is 34.7 Å². The van der Waals surface area contributed by atoms with Crippen LogP contribution in [-0.2, 0) is 11.3 Å². The molecule has 1 heterocycles. The minimum atomic E-state index is 0.106. The molecule has 18 heavy (non-hydrogen) atoms. The monoisotopic (exact) mass is 307 g/mol. The van der Waals surface area contributed by atoms with E-state index < -0.39 is 0 Å². The molecule has 102 valence electrons. The predicted molar refractivity (Wildman–Crippen MR) is 79.4 cm³/mol. The number of hydrogen-bond donors (Lipinski definition) is 1. The fraction of sp³-hybridized carbons (Fsp3) is 0.583. The number of thiophene rings is 1. The molecule has 0 spiro atoms. The van der Waals surface area contributed by atoms with Crippen molar-refractivity contribution in [3.8, 4) is 0 Å². The van der Waals surface area contributed by atoms with Crippen LogP contribution in [0.4, 0.5) is 0 Å². The number of nitrogens with zero attached hydrogens (tertiary/aromatic N) is 1. The van der Waals surface area contributed by atoms with Gasteiger partial charge in [0, 0.05) is 23.8 Å². The molecule has 0 aromatic carbocycles. The summed E-state index contributed by atoms with van der Waals surface area (Å²) in [5.41, 5.74) is 0. The van der Waals surface area contributed by atoms with Gasteiger partial charge in [-0.2, -0.15) is 0 Å². The number of aliphatic hydroxyl groups is 1. The van der Waals surface area contributed by atoms with Gasteiger partial charge in [-0.15, -0.1) is 23.1 Å². The second kappa shape index (κ2) is 8.04. The summed E-state index contributed by atoms with van der Waals surface area (Å²) in [6.45, 7) is 2.80. The van der Waals surface area contributed by atoms with Gasteiger partial charge >= 0.3 is 0 Å². The van der Waals surface area contributed by atoms with Crippen LogP contribution in [0.25, 0.3) is 0 Å². The predicted octanol–water partition coefficient (Wildman–Crippen LogP) is 2.86. The molecule has 0 aliphatic carbocycles. The Morgan fingerprint density at radius 2 is 2.33 bits per heavy atom. The zero-order valence-electron chi connectivity index (χ0n) is 10.6. The number of aliphatic hydroxyl groups excluding tert-OH is 1. The SMILES string of the molecule is CC(CCO)SCC(=O)N(C)Cc1ccc(Cl)s1. The summed E-state index contributed by atoms with van der Waals surface area (Å²) in [5.74, 6) is 0.561. The molecule has 0 saturated heterocycles. The van der Waals surface area contributed by atoms with Gasteiger partial charge in [-0.1, -0.05) is 18.5 Å². The van der Waals surface area contributed by atoms with Gasteiger partial charge in [-0.3, -0.25) is 4.79 Å². The fourth-order valence-corrected chi connectivity index (χ4v) is 3.41. The van der Waals surface area contributed by atoms with Gasteiger partial charge in [0.2, 0.25) is 5.91 Å². The van der Waals surface area contributed by atoms with E-state index in [0.717, 1.165) is 15.6 Å². The van der Waals surface area contributed by atoms with E-state index in [0.29, 0.717) is 17.5 Å². The molecule has 0 saturated carbocycles. The molecule has 1 N–H and O–H groups in total. The minimum absolute atomic E-state index is 0.106. The maximum absolute atomic E-state index is 11.9. The molecule has 0 bridgehead atoms. The van der Waals surface area contributed by atoms with Crippen LogP contribution in [0.15, 0.2) is 12.1 Å². The zero-order valence-corrected chi connectivity index (χ0v) is 12.9. The summed E-state index contributed by atoms with van der Waals surface area (Å²) in [5, 5.41) is 9.10. The largest absolute Gasteiger partial charge is 0.396 e. The van der Waals surface area contributed by atoms with Gasteiger partial charge in [-0.05, 0) is 18.6 Å². The van der Waals surface area contributed by atoms with Crippen LogP contribution < -0.4 is 0 Å². The van der Waals surface area contributed by atoms with Crippen molar-refractivity contribution in [3.05, 3.63) is 21.3 Å². The van der Waals surface area contributed by atoms with Crippen molar-refractivity contribution in [2.75, 3.05) is 19.4 Å². The van der Waals surface area contributed by atoms with Gasteiger partial charge in [0.25, 0.3) is 0 Å². The summed E-state index contributed by atoms with van der Waals surface area (Å²) in [6, 6.07) is 3.79. The Morgan fingerprint density at radius 3 is 2.89 bits per heavy atom. The van der Waals surface area contributed by atoms with Crippen LogP contribution in [-0.4, -0.2) is 40.6 Å². The van der Waals surface area contributed by atoms with Crippen molar-refractivity contribution in [1.29, 1.82) is 0 Å². The van der Waals surface area contributed by atoms with Gasteiger partial charge in [0.15, 0.2) is 0 Å². The smallest absolute Gasteiger partial charge is 0.232 e. The molecule has 1 aromatic rings. The van der Waals surface area contributed by atoms with E-state index in [1.807, 2.05) is 19.1 Å². The number of rotatable bonds is 7. The Balaban J connectivity index is 2.33. The Hall–Kier alpha value is -0.230. The highest BCUT2D eigenvalue weighted by molar-refractivity contribution is 8.00. The van der Waals surface area contributed by atoms with Gasteiger partial charge in [-0.25, -0.2) is 0 Å². The van der Waals surface area contributed by atoms with Gasteiger partial charge in [0.1, 0.15) is 0 Å². The highest BCUT2D eigenvalue weighted by Crippen LogP contribution is 2.22. The number of thioether (sulfide) groups is 1. The maximum Gasteiger partial charge on any atom is 0.232 e. The Kier molecular flexibility index (Phi) is 7.07. The molecule has 1 rings (SSSR count). The normalized spacial score (nSPS) is 12.4. The third-order valence-electron chi connectivity index (χ3n) is 2.47. The van der Waals surface area contributed by atoms with Crippen molar-refractivity contribution in [2.45, 2.75) is 25.1 Å². The summed E-state index contributed by atoms with van der Waals surface area (Å²) in [4.78, 5) is 14.7. The Labute approximate surface area is 121 Å². The fourth-order valence-electron chi connectivity index (χ4n) is 1.35. The lowest BCUT2D eigenvalue weighted by molar-refractivity contribution is -0.127. The van der Waals surface area contributed by atoms with E-state index in [4.69, 9.17) is 16.7 Å². The summed E-state index contributed by atoms with van der Waals surface area (Å²) in [6.07, 6.45) is 0.724. The second-order valence-electron chi connectivity index (χ2n) is 4.09.